The molecule has 0 aliphatic heterocycles. The maximum Gasteiger partial charge on any atom is 0.333 e. The van der Waals surface area contributed by atoms with Gasteiger partial charge in [-0.2, -0.15) is 0 Å². The minimum atomic E-state index is -0.868. The van der Waals surface area contributed by atoms with E-state index in [9.17, 15) is 9.90 Å². The molecule has 18 heavy (non-hydrogen) atoms. The maximum absolute atomic E-state index is 11.2. The van der Waals surface area contributed by atoms with Gasteiger partial charge in [0.1, 0.15) is 0 Å². The molecule has 0 aromatic carbocycles. The Morgan fingerprint density at radius 1 is 1.22 bits per heavy atom. The molecule has 0 rings (SSSR count). The summed E-state index contributed by atoms with van der Waals surface area (Å²) in [4.78, 5) is 13.2. The molecule has 0 aromatic heterocycles. The molecule has 0 radical (unpaired) electrons. The third-order valence-electron chi connectivity index (χ3n) is 2.53. The summed E-state index contributed by atoms with van der Waals surface area (Å²) in [7, 11) is 0. The smallest absolute Gasteiger partial charge is 0.333 e. The molecule has 0 amide bonds. The molecule has 0 atom stereocenters. The van der Waals surface area contributed by atoms with Crippen LogP contribution in [-0.2, 0) is 4.79 Å². The fourth-order valence-electron chi connectivity index (χ4n) is 1.71. The van der Waals surface area contributed by atoms with Gasteiger partial charge in [-0.25, -0.2) is 4.79 Å². The first-order valence-electron chi connectivity index (χ1n) is 6.12. The summed E-state index contributed by atoms with van der Waals surface area (Å²) in [6, 6.07) is 0. The lowest BCUT2D eigenvalue weighted by Crippen LogP contribution is -2.28. The van der Waals surface area contributed by atoms with E-state index < -0.39 is 5.97 Å². The van der Waals surface area contributed by atoms with Gasteiger partial charge in [0.15, 0.2) is 0 Å². The van der Waals surface area contributed by atoms with Crippen molar-refractivity contribution in [2.75, 3.05) is 13.1 Å². The first kappa shape index (κ1) is 16.5. The van der Waals surface area contributed by atoms with E-state index in [-0.39, 0.29) is 5.41 Å². The van der Waals surface area contributed by atoms with Crippen LogP contribution in [0.5, 0.6) is 0 Å². The first-order valence-corrected chi connectivity index (χ1v) is 6.12. The fraction of sp³-hybridized carbons (Fsp3) is 0.533. The highest BCUT2D eigenvalue weighted by Gasteiger charge is 2.21. The SMILES string of the molecule is C=CCN(CC=C)C(CC(C)(C)C)=C(C)C(=O)O. The average Bonchev–Trinajstić information content (AvgIpc) is 2.23. The maximum atomic E-state index is 11.2. The van der Waals surface area contributed by atoms with Crippen LogP contribution in [0.3, 0.4) is 0 Å². The van der Waals surface area contributed by atoms with Gasteiger partial charge in [-0.3, -0.25) is 0 Å². The van der Waals surface area contributed by atoms with E-state index in [0.29, 0.717) is 25.1 Å². The molecular formula is C15H25NO2. The summed E-state index contributed by atoms with van der Waals surface area (Å²) < 4.78 is 0. The van der Waals surface area contributed by atoms with E-state index in [1.54, 1.807) is 19.1 Å². The number of rotatable bonds is 7. The Morgan fingerprint density at radius 2 is 1.67 bits per heavy atom. The molecule has 0 heterocycles. The lowest BCUT2D eigenvalue weighted by molar-refractivity contribution is -0.132. The lowest BCUT2D eigenvalue weighted by Gasteiger charge is -2.31. The number of carboxylic acids is 1. The van der Waals surface area contributed by atoms with Crippen molar-refractivity contribution in [1.82, 2.24) is 4.90 Å². The van der Waals surface area contributed by atoms with Gasteiger partial charge >= 0.3 is 5.97 Å². The van der Waals surface area contributed by atoms with Crippen LogP contribution in [0.25, 0.3) is 0 Å². The van der Waals surface area contributed by atoms with Crippen LogP contribution in [0.1, 0.15) is 34.1 Å². The van der Waals surface area contributed by atoms with Crippen molar-refractivity contribution in [1.29, 1.82) is 0 Å². The molecule has 0 unspecified atom stereocenters. The van der Waals surface area contributed by atoms with Gasteiger partial charge in [-0.1, -0.05) is 32.9 Å². The van der Waals surface area contributed by atoms with E-state index in [0.717, 1.165) is 5.70 Å². The highest BCUT2D eigenvalue weighted by Crippen LogP contribution is 2.28. The summed E-state index contributed by atoms with van der Waals surface area (Å²) in [5.41, 5.74) is 1.29. The number of hydrogen-bond acceptors (Lipinski definition) is 2. The zero-order chi connectivity index (χ0) is 14.3. The second-order valence-electron chi connectivity index (χ2n) is 5.60. The Balaban J connectivity index is 5.42. The Labute approximate surface area is 110 Å². The van der Waals surface area contributed by atoms with Crippen molar-refractivity contribution < 1.29 is 9.90 Å². The normalized spacial score (nSPS) is 12.7. The summed E-state index contributed by atoms with van der Waals surface area (Å²) in [5, 5.41) is 9.20. The van der Waals surface area contributed by atoms with Crippen molar-refractivity contribution >= 4 is 5.97 Å². The largest absolute Gasteiger partial charge is 0.478 e. The van der Waals surface area contributed by atoms with E-state index in [2.05, 4.69) is 33.9 Å². The van der Waals surface area contributed by atoms with E-state index in [1.807, 2.05) is 4.90 Å². The summed E-state index contributed by atoms with van der Waals surface area (Å²) in [5.74, 6) is -0.868. The summed E-state index contributed by atoms with van der Waals surface area (Å²) in [6.45, 7) is 16.6. The van der Waals surface area contributed by atoms with Crippen LogP contribution in [0.4, 0.5) is 0 Å². The summed E-state index contributed by atoms with van der Waals surface area (Å²) in [6.07, 6.45) is 4.27. The van der Waals surface area contributed by atoms with Gasteiger partial charge in [0, 0.05) is 18.8 Å². The third kappa shape index (κ3) is 5.71. The quantitative estimate of drug-likeness (QED) is 0.556. The van der Waals surface area contributed by atoms with E-state index in [1.165, 1.54) is 0 Å². The molecule has 3 nitrogen and oxygen atoms in total. The van der Waals surface area contributed by atoms with Gasteiger partial charge in [-0.15, -0.1) is 13.2 Å². The molecule has 0 aliphatic carbocycles. The van der Waals surface area contributed by atoms with Crippen molar-refractivity contribution in [2.45, 2.75) is 34.1 Å². The van der Waals surface area contributed by atoms with Crippen molar-refractivity contribution in [3.63, 3.8) is 0 Å². The molecule has 0 saturated carbocycles. The Kier molecular flexibility index (Phi) is 6.45. The van der Waals surface area contributed by atoms with Crippen LogP contribution in [0.15, 0.2) is 36.6 Å². The molecule has 0 spiro atoms. The van der Waals surface area contributed by atoms with Crippen LogP contribution in [-0.4, -0.2) is 29.1 Å². The highest BCUT2D eigenvalue weighted by molar-refractivity contribution is 5.86. The standard InChI is InChI=1S/C15H25NO2/c1-7-9-16(10-8-2)13(11-15(4,5)6)12(3)14(17)18/h7-8H,1-2,9-11H2,3-6H3,(H,17,18). The molecule has 0 fully saturated rings. The zero-order valence-electron chi connectivity index (χ0n) is 12.0. The summed E-state index contributed by atoms with van der Waals surface area (Å²) >= 11 is 0. The van der Waals surface area contributed by atoms with Gasteiger partial charge in [0.05, 0.1) is 5.57 Å². The zero-order valence-corrected chi connectivity index (χ0v) is 12.0. The molecular weight excluding hydrogens is 226 g/mol. The van der Waals surface area contributed by atoms with Crippen molar-refractivity contribution in [2.24, 2.45) is 5.41 Å². The van der Waals surface area contributed by atoms with E-state index >= 15 is 0 Å². The van der Waals surface area contributed by atoms with Crippen LogP contribution >= 0.6 is 0 Å². The predicted molar refractivity (Wildman–Crippen MR) is 76.4 cm³/mol. The van der Waals surface area contributed by atoms with Gasteiger partial charge in [-0.05, 0) is 18.8 Å². The van der Waals surface area contributed by atoms with Crippen LogP contribution in [0.2, 0.25) is 0 Å². The molecule has 0 aliphatic rings. The van der Waals surface area contributed by atoms with Gasteiger partial charge in [0.2, 0.25) is 0 Å². The number of nitrogens with zero attached hydrogens (tertiary/aromatic N) is 1. The molecule has 102 valence electrons. The number of allylic oxidation sites excluding steroid dienone is 1. The number of carbonyl (C=O) groups is 1. The highest BCUT2D eigenvalue weighted by atomic mass is 16.4. The van der Waals surface area contributed by atoms with Crippen molar-refractivity contribution in [3.8, 4) is 0 Å². The topological polar surface area (TPSA) is 40.5 Å². The lowest BCUT2D eigenvalue weighted by atomic mass is 9.88. The van der Waals surface area contributed by atoms with Gasteiger partial charge < -0.3 is 10.0 Å². The number of carboxylic acid groups (broad SMARTS) is 1. The first-order chi connectivity index (χ1) is 8.22. The average molecular weight is 251 g/mol. The monoisotopic (exact) mass is 251 g/mol. The predicted octanol–water partition coefficient (Wildman–Crippen LogP) is 3.46. The minimum Gasteiger partial charge on any atom is -0.478 e. The minimum absolute atomic E-state index is 0.0344. The molecule has 0 saturated heterocycles. The van der Waals surface area contributed by atoms with E-state index in [4.69, 9.17) is 0 Å². The second-order valence-corrected chi connectivity index (χ2v) is 5.60. The number of hydrogen-bond donors (Lipinski definition) is 1. The Morgan fingerprint density at radius 3 is 1.94 bits per heavy atom. The Hall–Kier alpha value is -1.51. The molecule has 0 aromatic rings. The van der Waals surface area contributed by atoms with Crippen LogP contribution < -0.4 is 0 Å². The molecule has 0 bridgehead atoms. The molecule has 3 heteroatoms. The fourth-order valence-corrected chi connectivity index (χ4v) is 1.71. The third-order valence-corrected chi connectivity index (χ3v) is 2.53. The van der Waals surface area contributed by atoms with Crippen molar-refractivity contribution in [3.05, 3.63) is 36.6 Å². The van der Waals surface area contributed by atoms with Gasteiger partial charge in [0.25, 0.3) is 0 Å². The molecule has 1 N–H and O–H groups in total. The number of aliphatic carboxylic acids is 1. The van der Waals surface area contributed by atoms with Crippen LogP contribution in [0, 0.1) is 5.41 Å². The Bertz CT molecular complexity index is 338. The second kappa shape index (κ2) is 7.04.